The number of allylic oxidation sites excluding steroid dienone is 2. The lowest BCUT2D eigenvalue weighted by atomic mass is 9.88. The van der Waals surface area contributed by atoms with Crippen LogP contribution in [0.2, 0.25) is 0 Å². The fourth-order valence-electron chi connectivity index (χ4n) is 1.75. The molecule has 0 atom stereocenters. The van der Waals surface area contributed by atoms with Crippen LogP contribution in [0.25, 0.3) is 0 Å². The number of halogens is 1. The van der Waals surface area contributed by atoms with Gasteiger partial charge in [0, 0.05) is 5.33 Å². The molecular weight excluding hydrogens is 200 g/mol. The number of rotatable bonds is 2. The molecule has 1 saturated carbocycles. The smallest absolute Gasteiger partial charge is 0.0239 e. The maximum absolute atomic E-state index is 3.47. The van der Waals surface area contributed by atoms with E-state index < -0.39 is 0 Å². The number of hydrogen-bond donors (Lipinski definition) is 0. The van der Waals surface area contributed by atoms with Crippen molar-refractivity contribution in [2.45, 2.75) is 39.0 Å². The van der Waals surface area contributed by atoms with E-state index in [1.807, 2.05) is 0 Å². The minimum atomic E-state index is 0.890. The molecule has 0 bridgehead atoms. The first kappa shape index (κ1) is 9.31. The molecule has 0 aromatic rings. The molecule has 1 fully saturated rings. The van der Waals surface area contributed by atoms with Gasteiger partial charge in [0.15, 0.2) is 0 Å². The standard InChI is InChI=1S/C10H17Br/c1-9(8-11)7-10-5-3-2-4-6-10/h7,10H,2-6,8H2,1H3. The van der Waals surface area contributed by atoms with Gasteiger partial charge in [0.05, 0.1) is 0 Å². The van der Waals surface area contributed by atoms with Gasteiger partial charge in [-0.15, -0.1) is 0 Å². The minimum Gasteiger partial charge on any atom is -0.0880 e. The molecule has 1 heteroatoms. The largest absolute Gasteiger partial charge is 0.0880 e. The highest BCUT2D eigenvalue weighted by atomic mass is 79.9. The molecule has 0 aliphatic heterocycles. The summed E-state index contributed by atoms with van der Waals surface area (Å²) >= 11 is 3.47. The lowest BCUT2D eigenvalue weighted by Gasteiger charge is -2.18. The van der Waals surface area contributed by atoms with Crippen molar-refractivity contribution in [3.05, 3.63) is 11.6 Å². The van der Waals surface area contributed by atoms with Crippen LogP contribution in [-0.2, 0) is 0 Å². The maximum atomic E-state index is 3.47. The molecule has 64 valence electrons. The van der Waals surface area contributed by atoms with E-state index in [0.29, 0.717) is 0 Å². The zero-order chi connectivity index (χ0) is 8.10. The second kappa shape index (κ2) is 4.97. The van der Waals surface area contributed by atoms with Crippen molar-refractivity contribution in [2.24, 2.45) is 5.92 Å². The van der Waals surface area contributed by atoms with E-state index in [9.17, 15) is 0 Å². The van der Waals surface area contributed by atoms with Gasteiger partial charge in [-0.25, -0.2) is 0 Å². The molecule has 1 aliphatic carbocycles. The molecule has 0 saturated heterocycles. The summed E-state index contributed by atoms with van der Waals surface area (Å²) in [6.07, 6.45) is 9.63. The average Bonchev–Trinajstić information content (AvgIpc) is 2.06. The molecule has 0 spiro atoms. The van der Waals surface area contributed by atoms with Crippen LogP contribution in [-0.4, -0.2) is 5.33 Å². The molecule has 1 rings (SSSR count). The zero-order valence-electron chi connectivity index (χ0n) is 7.28. The van der Waals surface area contributed by atoms with Gasteiger partial charge < -0.3 is 0 Å². The predicted molar refractivity (Wildman–Crippen MR) is 54.1 cm³/mol. The van der Waals surface area contributed by atoms with Gasteiger partial charge in [-0.2, -0.15) is 0 Å². The topological polar surface area (TPSA) is 0 Å². The molecule has 0 nitrogen and oxygen atoms in total. The average molecular weight is 217 g/mol. The monoisotopic (exact) mass is 216 g/mol. The van der Waals surface area contributed by atoms with E-state index >= 15 is 0 Å². The Morgan fingerprint density at radius 3 is 2.55 bits per heavy atom. The van der Waals surface area contributed by atoms with E-state index in [1.54, 1.807) is 0 Å². The Morgan fingerprint density at radius 1 is 1.36 bits per heavy atom. The summed E-state index contributed by atoms with van der Waals surface area (Å²) in [7, 11) is 0. The minimum absolute atomic E-state index is 0.890. The third-order valence-corrected chi connectivity index (χ3v) is 3.27. The summed E-state index contributed by atoms with van der Waals surface area (Å²) < 4.78 is 0. The summed E-state index contributed by atoms with van der Waals surface area (Å²) in [5, 5.41) is 1.05. The molecule has 0 heterocycles. The maximum Gasteiger partial charge on any atom is 0.0239 e. The van der Waals surface area contributed by atoms with Gasteiger partial charge in [0.2, 0.25) is 0 Å². The Kier molecular flexibility index (Phi) is 4.21. The van der Waals surface area contributed by atoms with Crippen molar-refractivity contribution < 1.29 is 0 Å². The first-order valence-electron chi connectivity index (χ1n) is 4.56. The van der Waals surface area contributed by atoms with Gasteiger partial charge in [-0.1, -0.05) is 46.8 Å². The third kappa shape index (κ3) is 3.42. The van der Waals surface area contributed by atoms with Crippen molar-refractivity contribution in [1.82, 2.24) is 0 Å². The first-order chi connectivity index (χ1) is 5.33. The van der Waals surface area contributed by atoms with Crippen molar-refractivity contribution in [1.29, 1.82) is 0 Å². The van der Waals surface area contributed by atoms with E-state index in [0.717, 1.165) is 11.2 Å². The Labute approximate surface area is 78.2 Å². The Bertz CT molecular complexity index is 132. The number of hydrogen-bond acceptors (Lipinski definition) is 0. The molecule has 0 unspecified atom stereocenters. The van der Waals surface area contributed by atoms with Crippen LogP contribution in [0.4, 0.5) is 0 Å². The van der Waals surface area contributed by atoms with Crippen molar-refractivity contribution in [3.63, 3.8) is 0 Å². The van der Waals surface area contributed by atoms with Crippen molar-refractivity contribution in [2.75, 3.05) is 5.33 Å². The van der Waals surface area contributed by atoms with Crippen LogP contribution >= 0.6 is 15.9 Å². The molecule has 1 aliphatic rings. The third-order valence-electron chi connectivity index (χ3n) is 2.38. The van der Waals surface area contributed by atoms with Gasteiger partial charge >= 0.3 is 0 Å². The van der Waals surface area contributed by atoms with Crippen LogP contribution in [0.15, 0.2) is 11.6 Å². The van der Waals surface area contributed by atoms with Gasteiger partial charge in [-0.3, -0.25) is 0 Å². The fourth-order valence-corrected chi connectivity index (χ4v) is 1.93. The summed E-state index contributed by atoms with van der Waals surface area (Å²) in [5.74, 6) is 0.890. The molecular formula is C10H17Br. The van der Waals surface area contributed by atoms with E-state index in [2.05, 4.69) is 28.9 Å². The highest BCUT2D eigenvalue weighted by molar-refractivity contribution is 9.09. The Hall–Kier alpha value is 0.220. The van der Waals surface area contributed by atoms with E-state index in [4.69, 9.17) is 0 Å². The van der Waals surface area contributed by atoms with E-state index in [-0.39, 0.29) is 0 Å². The summed E-state index contributed by atoms with van der Waals surface area (Å²) in [6, 6.07) is 0. The molecule has 11 heavy (non-hydrogen) atoms. The highest BCUT2D eigenvalue weighted by Gasteiger charge is 2.10. The molecule has 0 amide bonds. The van der Waals surface area contributed by atoms with Crippen molar-refractivity contribution >= 4 is 15.9 Å². The molecule has 0 aromatic carbocycles. The normalized spacial score (nSPS) is 22.2. The van der Waals surface area contributed by atoms with Crippen LogP contribution in [0.5, 0.6) is 0 Å². The second-order valence-electron chi connectivity index (χ2n) is 3.54. The first-order valence-corrected chi connectivity index (χ1v) is 5.68. The van der Waals surface area contributed by atoms with Crippen LogP contribution in [0.3, 0.4) is 0 Å². The van der Waals surface area contributed by atoms with Crippen LogP contribution in [0.1, 0.15) is 39.0 Å². The summed E-state index contributed by atoms with van der Waals surface area (Å²) in [4.78, 5) is 0. The fraction of sp³-hybridized carbons (Fsp3) is 0.800. The van der Waals surface area contributed by atoms with Crippen LogP contribution in [0, 0.1) is 5.92 Å². The van der Waals surface area contributed by atoms with Crippen molar-refractivity contribution in [3.8, 4) is 0 Å². The Balaban J connectivity index is 2.34. The highest BCUT2D eigenvalue weighted by Crippen LogP contribution is 2.25. The second-order valence-corrected chi connectivity index (χ2v) is 4.11. The molecule has 0 aromatic heterocycles. The number of alkyl halides is 1. The summed E-state index contributed by atoms with van der Waals surface area (Å²) in [6.45, 7) is 2.21. The van der Waals surface area contributed by atoms with Gasteiger partial charge in [-0.05, 0) is 25.7 Å². The van der Waals surface area contributed by atoms with Crippen LogP contribution < -0.4 is 0 Å². The lowest BCUT2D eigenvalue weighted by Crippen LogP contribution is -2.03. The lowest BCUT2D eigenvalue weighted by molar-refractivity contribution is 0.418. The van der Waals surface area contributed by atoms with Gasteiger partial charge in [0.25, 0.3) is 0 Å². The summed E-state index contributed by atoms with van der Waals surface area (Å²) in [5.41, 5.74) is 1.50. The quantitative estimate of drug-likeness (QED) is 0.486. The zero-order valence-corrected chi connectivity index (χ0v) is 8.86. The van der Waals surface area contributed by atoms with Gasteiger partial charge in [0.1, 0.15) is 0 Å². The molecule has 0 radical (unpaired) electrons. The van der Waals surface area contributed by atoms with E-state index in [1.165, 1.54) is 37.7 Å². The predicted octanol–water partition coefficient (Wildman–Crippen LogP) is 3.91. The molecule has 0 N–H and O–H groups in total. The SMILES string of the molecule is CC(=CC1CCCCC1)CBr. The Morgan fingerprint density at radius 2 is 2.00 bits per heavy atom.